The van der Waals surface area contributed by atoms with Crippen LogP contribution in [0.1, 0.15) is 37.1 Å². The lowest BCUT2D eigenvalue weighted by Crippen LogP contribution is -2.22. The Bertz CT molecular complexity index is 2620. The van der Waals surface area contributed by atoms with Crippen LogP contribution in [0.15, 0.2) is 172 Å². The van der Waals surface area contributed by atoms with E-state index in [4.69, 9.17) is 4.98 Å². The predicted octanol–water partition coefficient (Wildman–Crippen LogP) is 9.75. The van der Waals surface area contributed by atoms with Gasteiger partial charge in [0.15, 0.2) is 0 Å². The van der Waals surface area contributed by atoms with E-state index in [-0.39, 0.29) is 12.1 Å². The van der Waals surface area contributed by atoms with Gasteiger partial charge in [0.25, 0.3) is 0 Å². The molecule has 8 rings (SSSR count). The van der Waals surface area contributed by atoms with Crippen molar-refractivity contribution >= 4 is 45.3 Å². The normalized spacial score (nSPS) is 11.8. The average Bonchev–Trinajstić information content (AvgIpc) is 3.91. The Morgan fingerprint density at radius 1 is 0.593 bits per heavy atom. The second kappa shape index (κ2) is 19.0. The van der Waals surface area contributed by atoms with Gasteiger partial charge in [-0.1, -0.05) is 78.9 Å². The number of hydrogen-bond donors (Lipinski definition) is 3. The number of aromatic nitrogens is 8. The van der Waals surface area contributed by atoms with Crippen LogP contribution in [-0.2, 0) is 0 Å². The summed E-state index contributed by atoms with van der Waals surface area (Å²) in [5.41, 5.74) is 8.25. The molecule has 12 heteroatoms. The van der Waals surface area contributed by atoms with E-state index in [1.165, 1.54) is 11.1 Å². The first-order valence-electron chi connectivity index (χ1n) is 19.5. The predicted molar refractivity (Wildman–Crippen MR) is 242 cm³/mol. The lowest BCUT2D eigenvalue weighted by molar-refractivity contribution is 0.854. The van der Waals surface area contributed by atoms with Gasteiger partial charge in [0.2, 0.25) is 11.9 Å². The highest BCUT2D eigenvalue weighted by molar-refractivity contribution is 5.82. The Kier molecular flexibility index (Phi) is 12.8. The van der Waals surface area contributed by atoms with Crippen molar-refractivity contribution in [2.75, 3.05) is 40.5 Å². The lowest BCUT2D eigenvalue weighted by atomic mass is 10.1. The third kappa shape index (κ3) is 9.69. The van der Waals surface area contributed by atoms with Crippen molar-refractivity contribution in [3.63, 3.8) is 0 Å². The smallest absolute Gasteiger partial charge is 0.225 e. The van der Waals surface area contributed by atoms with Gasteiger partial charge in [0.05, 0.1) is 34.2 Å². The zero-order valence-corrected chi connectivity index (χ0v) is 33.4. The van der Waals surface area contributed by atoms with E-state index in [1.54, 1.807) is 25.0 Å². The molecule has 296 valence electrons. The zero-order valence-electron chi connectivity index (χ0n) is 33.4. The van der Waals surface area contributed by atoms with Gasteiger partial charge in [-0.05, 0) is 73.5 Å². The first kappa shape index (κ1) is 39.6. The monoisotopic (exact) mass is 780 g/mol. The van der Waals surface area contributed by atoms with Gasteiger partial charge in [-0.3, -0.25) is 9.13 Å². The minimum atomic E-state index is 0.0965. The Morgan fingerprint density at radius 2 is 1.10 bits per heavy atom. The fraction of sp³-hybridized carbons (Fsp3) is 0.149. The molecule has 0 spiro atoms. The van der Waals surface area contributed by atoms with Crippen LogP contribution in [-0.4, -0.2) is 58.7 Å². The van der Waals surface area contributed by atoms with Crippen molar-refractivity contribution in [2.24, 2.45) is 0 Å². The molecule has 12 nitrogen and oxygen atoms in total. The van der Waals surface area contributed by atoms with Gasteiger partial charge >= 0.3 is 0 Å². The van der Waals surface area contributed by atoms with Gasteiger partial charge in [0.1, 0.15) is 24.3 Å². The molecule has 4 aromatic heterocycles. The summed E-state index contributed by atoms with van der Waals surface area (Å²) in [4.78, 5) is 29.5. The van der Waals surface area contributed by atoms with Crippen molar-refractivity contribution in [2.45, 2.75) is 25.9 Å². The van der Waals surface area contributed by atoms with E-state index < -0.39 is 0 Å². The number of nitrogens with one attached hydrogen (secondary N) is 3. The summed E-state index contributed by atoms with van der Waals surface area (Å²) in [5.74, 6) is 2.70. The number of benzene rings is 4. The Hall–Kier alpha value is -7.60. The van der Waals surface area contributed by atoms with Crippen molar-refractivity contribution in [1.82, 2.24) is 39.0 Å². The Balaban J connectivity index is 0.000000180. The minimum absolute atomic E-state index is 0.0965. The van der Waals surface area contributed by atoms with Gasteiger partial charge in [-0.15, -0.1) is 19.7 Å². The van der Waals surface area contributed by atoms with E-state index in [2.05, 4.69) is 122 Å². The molecule has 3 N–H and O–H groups in total. The van der Waals surface area contributed by atoms with E-state index in [0.717, 1.165) is 58.2 Å². The third-order valence-electron chi connectivity index (χ3n) is 9.66. The number of imidazole rings is 2. The van der Waals surface area contributed by atoms with Crippen LogP contribution >= 0.6 is 0 Å². The number of anilines is 4. The molecule has 0 saturated heterocycles. The van der Waals surface area contributed by atoms with Crippen LogP contribution in [0.3, 0.4) is 0 Å². The second-order valence-corrected chi connectivity index (χ2v) is 13.8. The molecule has 0 fully saturated rings. The van der Waals surface area contributed by atoms with Crippen LogP contribution in [0.5, 0.6) is 0 Å². The van der Waals surface area contributed by atoms with Crippen LogP contribution < -0.4 is 20.9 Å². The minimum Gasteiger partial charge on any atom is -0.382 e. The zero-order chi connectivity index (χ0) is 41.0. The molecule has 2 atom stereocenters. The molecule has 0 radical (unpaired) electrons. The van der Waals surface area contributed by atoms with Gasteiger partial charge in [0, 0.05) is 43.4 Å². The molecule has 4 aromatic carbocycles. The van der Waals surface area contributed by atoms with E-state index in [0.29, 0.717) is 18.4 Å². The molecule has 4 heterocycles. The van der Waals surface area contributed by atoms with Gasteiger partial charge in [-0.2, -0.15) is 9.97 Å². The summed E-state index contributed by atoms with van der Waals surface area (Å²) in [5, 5.41) is 10.0. The summed E-state index contributed by atoms with van der Waals surface area (Å²) in [6.07, 6.45) is 12.7. The second-order valence-electron chi connectivity index (χ2n) is 13.8. The molecule has 0 aliphatic heterocycles. The van der Waals surface area contributed by atoms with Crippen molar-refractivity contribution in [3.05, 3.63) is 183 Å². The molecule has 8 aromatic rings. The van der Waals surface area contributed by atoms with Gasteiger partial charge < -0.3 is 20.9 Å². The Labute approximate surface area is 344 Å². The van der Waals surface area contributed by atoms with Crippen molar-refractivity contribution in [3.8, 4) is 11.6 Å². The topological polar surface area (TPSA) is 127 Å². The molecule has 0 amide bonds. The summed E-state index contributed by atoms with van der Waals surface area (Å²) in [7, 11) is 0. The largest absolute Gasteiger partial charge is 0.382 e. The summed E-state index contributed by atoms with van der Waals surface area (Å²) in [6.45, 7) is 17.8. The highest BCUT2D eigenvalue weighted by atomic mass is 15.2. The summed E-state index contributed by atoms with van der Waals surface area (Å²) < 4.78 is 3.94. The SMILES string of the molecule is C=CCN(CC=C)c1ccc2c(c1)ncn2-c1ccnc(N[C@@H](C)c2ccccc2)n1.C=CCNc1ccc2c(c1)ncn2-c1ccnc(N[C@@H](C)c2ccccc2)n1. The Morgan fingerprint density at radius 3 is 1.61 bits per heavy atom. The molecule has 59 heavy (non-hydrogen) atoms. The standard InChI is InChI=1S/C25H26N6.C22H22N6/c1-4-15-30(16-5-2)21-11-12-23-22(17-21)27-18-31(23)24-13-14-26-25(29-24)28-19(3)20-9-7-6-8-10-20;1-3-12-23-18-9-10-20-19(14-18)25-15-28(20)21-11-13-24-22(27-21)26-16(2)17-7-5-4-6-8-17/h4-14,17-19H,1-2,15-16H2,3H3,(H,26,28,29);3-11,13-16,23H,1,12H2,2H3,(H,24,26,27)/t19-;16-/m00/s1. The molecule has 0 aliphatic rings. The maximum atomic E-state index is 4.71. The highest BCUT2D eigenvalue weighted by Gasteiger charge is 2.13. The molecular weight excluding hydrogens is 733 g/mol. The van der Waals surface area contributed by atoms with Crippen molar-refractivity contribution < 1.29 is 0 Å². The molecular formula is C47H48N12. The summed E-state index contributed by atoms with van der Waals surface area (Å²) >= 11 is 0. The summed E-state index contributed by atoms with van der Waals surface area (Å²) in [6, 6.07) is 36.8. The molecule has 0 unspecified atom stereocenters. The van der Waals surface area contributed by atoms with Crippen LogP contribution in [0, 0.1) is 0 Å². The van der Waals surface area contributed by atoms with E-state index in [9.17, 15) is 0 Å². The van der Waals surface area contributed by atoms with E-state index >= 15 is 0 Å². The average molecular weight is 781 g/mol. The molecule has 0 saturated carbocycles. The fourth-order valence-corrected chi connectivity index (χ4v) is 6.62. The number of nitrogens with zero attached hydrogens (tertiary/aromatic N) is 9. The maximum absolute atomic E-state index is 4.71. The number of rotatable bonds is 16. The lowest BCUT2D eigenvalue weighted by Gasteiger charge is -2.21. The van der Waals surface area contributed by atoms with Crippen molar-refractivity contribution in [1.29, 1.82) is 0 Å². The first-order chi connectivity index (χ1) is 28.9. The van der Waals surface area contributed by atoms with E-state index in [1.807, 2.05) is 94.1 Å². The number of fused-ring (bicyclic) bond motifs is 2. The molecule has 0 bridgehead atoms. The highest BCUT2D eigenvalue weighted by Crippen LogP contribution is 2.25. The maximum Gasteiger partial charge on any atom is 0.225 e. The first-order valence-corrected chi connectivity index (χ1v) is 19.5. The fourth-order valence-electron chi connectivity index (χ4n) is 6.62. The van der Waals surface area contributed by atoms with Crippen LogP contribution in [0.4, 0.5) is 23.3 Å². The molecule has 0 aliphatic carbocycles. The number of hydrogen-bond acceptors (Lipinski definition) is 10. The van der Waals surface area contributed by atoms with Gasteiger partial charge in [-0.25, -0.2) is 19.9 Å². The van der Waals surface area contributed by atoms with Crippen LogP contribution in [0.2, 0.25) is 0 Å². The quantitative estimate of drug-likeness (QED) is 0.0816. The van der Waals surface area contributed by atoms with Crippen LogP contribution in [0.25, 0.3) is 33.7 Å². The third-order valence-corrected chi connectivity index (χ3v) is 9.66.